The Balaban J connectivity index is 2.08. The van der Waals surface area contributed by atoms with E-state index in [4.69, 9.17) is 11.6 Å². The number of rotatable bonds is 3. The molecule has 2 heterocycles. The minimum absolute atomic E-state index is 0.0442. The molecule has 0 fully saturated rings. The van der Waals surface area contributed by atoms with Crippen LogP contribution in [0.3, 0.4) is 0 Å². The summed E-state index contributed by atoms with van der Waals surface area (Å²) in [6.07, 6.45) is 2.44. The molecule has 2 aromatic heterocycles. The van der Waals surface area contributed by atoms with Crippen molar-refractivity contribution in [1.82, 2.24) is 14.8 Å². The van der Waals surface area contributed by atoms with E-state index in [1.807, 2.05) is 0 Å². The van der Waals surface area contributed by atoms with Crippen molar-refractivity contribution in [2.45, 2.75) is 6.43 Å². The Bertz CT molecular complexity index is 842. The van der Waals surface area contributed by atoms with E-state index in [-0.39, 0.29) is 11.4 Å². The summed E-state index contributed by atoms with van der Waals surface area (Å²) in [5.74, 6) is 6.17. The molecule has 3 rings (SSSR count). The van der Waals surface area contributed by atoms with Gasteiger partial charge in [0, 0.05) is 29.9 Å². The zero-order valence-electron chi connectivity index (χ0n) is 12.3. The molecule has 8 heteroatoms. The van der Waals surface area contributed by atoms with Crippen molar-refractivity contribution in [2.24, 2.45) is 7.05 Å². The Morgan fingerprint density at radius 3 is 2.43 bits per heavy atom. The Hall–Kier alpha value is -3.03. The molecule has 0 atom stereocenters. The molecule has 23 heavy (non-hydrogen) atoms. The third-order valence-electron chi connectivity index (χ3n) is 3.45. The number of anilines is 1. The predicted molar refractivity (Wildman–Crippen MR) is 81.6 cm³/mol. The van der Waals surface area contributed by atoms with E-state index in [1.54, 1.807) is 42.5 Å². The van der Waals surface area contributed by atoms with Crippen molar-refractivity contribution < 1.29 is 13.5 Å². The Morgan fingerprint density at radius 1 is 1.17 bits per heavy atom. The fourth-order valence-electron chi connectivity index (χ4n) is 2.22. The van der Waals surface area contributed by atoms with Gasteiger partial charge in [0.15, 0.2) is 5.69 Å². The first kappa shape index (κ1) is 14.9. The van der Waals surface area contributed by atoms with Crippen LogP contribution in [-0.4, -0.2) is 14.8 Å². The van der Waals surface area contributed by atoms with Crippen molar-refractivity contribution in [1.29, 1.82) is 0 Å². The molecule has 0 spiro atoms. The minimum atomic E-state index is -2.51. The van der Waals surface area contributed by atoms with Crippen LogP contribution in [0.4, 0.5) is 14.6 Å². The van der Waals surface area contributed by atoms with Gasteiger partial charge in [0.25, 0.3) is 6.43 Å². The van der Waals surface area contributed by atoms with Crippen LogP contribution < -0.4 is 16.3 Å². The van der Waals surface area contributed by atoms with Crippen LogP contribution in [0.5, 0.6) is 0 Å². The Kier molecular flexibility index (Phi) is 3.65. The van der Waals surface area contributed by atoms with E-state index in [9.17, 15) is 8.78 Å². The molecule has 0 aliphatic heterocycles. The zero-order valence-corrected chi connectivity index (χ0v) is 12.3. The second kappa shape index (κ2) is 5.64. The van der Waals surface area contributed by atoms with E-state index in [0.717, 1.165) is 5.56 Å². The highest BCUT2D eigenvalue weighted by Gasteiger charge is 2.18. The van der Waals surface area contributed by atoms with Crippen LogP contribution in [0.25, 0.3) is 22.5 Å². The molecule has 118 valence electrons. The van der Waals surface area contributed by atoms with E-state index < -0.39 is 6.43 Å². The van der Waals surface area contributed by atoms with Gasteiger partial charge in [0.05, 0.1) is 6.20 Å². The fourth-order valence-corrected chi connectivity index (χ4v) is 2.22. The molecule has 1 aromatic carbocycles. The standard InChI is InChI=1S/C15H14F2N6/c1-22-7-11(6-20-22)13-15(18)23(19)8-12(21-13)9-2-4-10(5-3-9)14(16)17/h2-8,14,18H,19H2,1H3/p+1. The maximum Gasteiger partial charge on any atom is 0.322 e. The van der Waals surface area contributed by atoms with Crippen LogP contribution in [0.15, 0.2) is 42.9 Å². The van der Waals surface area contributed by atoms with Crippen LogP contribution in [0, 0.1) is 0 Å². The summed E-state index contributed by atoms with van der Waals surface area (Å²) in [5.41, 5.74) is 8.32. The lowest BCUT2D eigenvalue weighted by atomic mass is 10.1. The molecule has 0 saturated heterocycles. The summed E-state index contributed by atoms with van der Waals surface area (Å²) in [7, 11) is 1.78. The van der Waals surface area contributed by atoms with Gasteiger partial charge in [-0.05, 0) is 0 Å². The van der Waals surface area contributed by atoms with Crippen molar-refractivity contribution in [3.8, 4) is 22.5 Å². The van der Waals surface area contributed by atoms with Crippen molar-refractivity contribution in [3.05, 3.63) is 48.4 Å². The number of nitrogens with two attached hydrogens (primary N) is 2. The maximum absolute atomic E-state index is 12.6. The molecule has 0 amide bonds. The van der Waals surface area contributed by atoms with Crippen LogP contribution in [-0.2, 0) is 7.05 Å². The minimum Gasteiger partial charge on any atom is -0.283 e. The van der Waals surface area contributed by atoms with Gasteiger partial charge >= 0.3 is 5.82 Å². The second-order valence-electron chi connectivity index (χ2n) is 5.09. The van der Waals surface area contributed by atoms with E-state index in [2.05, 4.69) is 10.1 Å². The first-order valence-electron chi connectivity index (χ1n) is 6.80. The lowest BCUT2D eigenvalue weighted by Crippen LogP contribution is -2.47. The smallest absolute Gasteiger partial charge is 0.283 e. The van der Waals surface area contributed by atoms with E-state index in [1.165, 1.54) is 16.8 Å². The van der Waals surface area contributed by atoms with Gasteiger partial charge in [-0.25, -0.2) is 13.8 Å². The summed E-state index contributed by atoms with van der Waals surface area (Å²) in [5, 5.41) is 4.08. The average Bonchev–Trinajstić information content (AvgIpc) is 2.96. The quantitative estimate of drug-likeness (QED) is 0.568. The zero-order chi connectivity index (χ0) is 16.6. The number of benzene rings is 1. The van der Waals surface area contributed by atoms with Crippen LogP contribution in [0.1, 0.15) is 12.0 Å². The van der Waals surface area contributed by atoms with Crippen molar-refractivity contribution >= 4 is 5.82 Å². The summed E-state index contributed by atoms with van der Waals surface area (Å²) >= 11 is 0. The summed E-state index contributed by atoms with van der Waals surface area (Å²) < 4.78 is 28.2. The monoisotopic (exact) mass is 317 g/mol. The molecule has 0 saturated carbocycles. The van der Waals surface area contributed by atoms with Gasteiger partial charge in [0.2, 0.25) is 0 Å². The Morgan fingerprint density at radius 2 is 1.87 bits per heavy atom. The lowest BCUT2D eigenvalue weighted by molar-refractivity contribution is -0.623. The molecule has 0 aliphatic carbocycles. The average molecular weight is 317 g/mol. The lowest BCUT2D eigenvalue weighted by Gasteiger charge is -2.07. The predicted octanol–water partition coefficient (Wildman–Crippen LogP) is 1.67. The number of hydrogen-bond donors (Lipinski definition) is 2. The van der Waals surface area contributed by atoms with Gasteiger partial charge in [-0.1, -0.05) is 24.3 Å². The van der Waals surface area contributed by atoms with Crippen LogP contribution in [0.2, 0.25) is 0 Å². The van der Waals surface area contributed by atoms with E-state index in [0.29, 0.717) is 17.0 Å². The number of hydrogen-bond acceptors (Lipinski definition) is 4. The number of aryl methyl sites for hydroxylation is 1. The highest BCUT2D eigenvalue weighted by Crippen LogP contribution is 2.26. The normalized spacial score (nSPS) is 11.1. The third-order valence-corrected chi connectivity index (χ3v) is 3.45. The summed E-state index contributed by atoms with van der Waals surface area (Å²) in [4.78, 5) is 4.49. The van der Waals surface area contributed by atoms with Gasteiger partial charge < -0.3 is 0 Å². The third kappa shape index (κ3) is 2.83. The van der Waals surface area contributed by atoms with Gasteiger partial charge in [-0.3, -0.25) is 16.3 Å². The highest BCUT2D eigenvalue weighted by molar-refractivity contribution is 5.70. The first-order valence-corrected chi connectivity index (χ1v) is 6.80. The topological polar surface area (TPSA) is 86.6 Å². The number of alkyl halides is 2. The maximum atomic E-state index is 12.6. The van der Waals surface area contributed by atoms with Gasteiger partial charge in [0.1, 0.15) is 11.9 Å². The second-order valence-corrected chi connectivity index (χ2v) is 5.09. The number of halogens is 2. The number of aromatic nitrogens is 4. The molecular weight excluding hydrogens is 302 g/mol. The molecule has 0 radical (unpaired) electrons. The molecule has 4 N–H and O–H groups in total. The van der Waals surface area contributed by atoms with Crippen molar-refractivity contribution in [2.75, 3.05) is 11.6 Å². The SMILES string of the molecule is Cn1cc(-c2nc(-c3ccc(C(F)F)cc3)c[n+](N)c2N)cn1. The molecule has 6 nitrogen and oxygen atoms in total. The summed E-state index contributed by atoms with van der Waals surface area (Å²) in [6.45, 7) is 0. The van der Waals surface area contributed by atoms with Crippen LogP contribution >= 0.6 is 0 Å². The van der Waals surface area contributed by atoms with E-state index >= 15 is 0 Å². The van der Waals surface area contributed by atoms with Gasteiger partial charge in [-0.15, -0.1) is 4.68 Å². The fraction of sp³-hybridized carbons (Fsp3) is 0.133. The number of nitrogens with zero attached hydrogens (tertiary/aromatic N) is 4. The molecule has 3 aromatic rings. The first-order chi connectivity index (χ1) is 11.0. The summed E-state index contributed by atoms with van der Waals surface area (Å²) in [6, 6.07) is 5.88. The molecule has 0 bridgehead atoms. The van der Waals surface area contributed by atoms with Crippen molar-refractivity contribution in [3.63, 3.8) is 0 Å². The number of nitrogen functional groups attached to an aromatic ring is 2. The molecular formula is C15H15F2N6+. The Labute approximate surface area is 131 Å². The molecule has 0 unspecified atom stereocenters. The van der Waals surface area contributed by atoms with Gasteiger partial charge in [-0.2, -0.15) is 5.10 Å². The highest BCUT2D eigenvalue weighted by atomic mass is 19.3. The molecule has 0 aliphatic rings. The largest absolute Gasteiger partial charge is 0.322 e.